The number of aliphatic hydroxyl groups is 1. The molecule has 27 heavy (non-hydrogen) atoms. The smallest absolute Gasteiger partial charge is 0.335 e. The molecule has 2 aliphatic heterocycles. The number of carboxylic acid groups (broad SMARTS) is 2. The first-order chi connectivity index (χ1) is 12.8. The highest BCUT2D eigenvalue weighted by molar-refractivity contribution is 5.88. The number of hydrogen-bond donors (Lipinski definition) is 3. The molecule has 0 aromatic heterocycles. The monoisotopic (exact) mass is 381 g/mol. The second-order valence-electron chi connectivity index (χ2n) is 7.08. The standard InChI is InChI=1S/C17H23NO5.C2H4O2/c1-22-15-3-2-12(16(20)21)6-13(15)7-18-8-14-4-5-23-11-17(14,9-18)10-19;1-2(3)4/h2-3,6,14,19H,4-5,7-11H2,1H3,(H,20,21);1H3,(H,3,4)/t14-,17+;/m0./s1. The average molecular weight is 381 g/mol. The van der Waals surface area contributed by atoms with Gasteiger partial charge in [0.2, 0.25) is 0 Å². The lowest BCUT2D eigenvalue weighted by molar-refractivity contribution is -0.134. The molecule has 2 fully saturated rings. The molecule has 8 nitrogen and oxygen atoms in total. The first-order valence-corrected chi connectivity index (χ1v) is 8.82. The summed E-state index contributed by atoms with van der Waals surface area (Å²) in [6, 6.07) is 4.93. The van der Waals surface area contributed by atoms with E-state index in [4.69, 9.17) is 19.4 Å². The number of hydrogen-bond acceptors (Lipinski definition) is 6. The number of aliphatic carboxylic acids is 1. The zero-order chi connectivity index (χ0) is 20.0. The summed E-state index contributed by atoms with van der Waals surface area (Å²) in [7, 11) is 1.59. The number of ether oxygens (including phenoxy) is 2. The highest BCUT2D eigenvalue weighted by atomic mass is 16.5. The summed E-state index contributed by atoms with van der Waals surface area (Å²) >= 11 is 0. The van der Waals surface area contributed by atoms with Crippen molar-refractivity contribution in [2.45, 2.75) is 19.9 Å². The van der Waals surface area contributed by atoms with Gasteiger partial charge in [-0.15, -0.1) is 0 Å². The van der Waals surface area contributed by atoms with Gasteiger partial charge in [0.05, 0.1) is 25.9 Å². The predicted molar refractivity (Wildman–Crippen MR) is 97.0 cm³/mol. The number of rotatable bonds is 5. The molecule has 3 rings (SSSR count). The first kappa shape index (κ1) is 21.1. The lowest BCUT2D eigenvalue weighted by atomic mass is 9.76. The van der Waals surface area contributed by atoms with Crippen LogP contribution in [0.2, 0.25) is 0 Å². The van der Waals surface area contributed by atoms with Crippen LogP contribution >= 0.6 is 0 Å². The number of carbonyl (C=O) groups is 2. The third kappa shape index (κ3) is 5.18. The van der Waals surface area contributed by atoms with Gasteiger partial charge < -0.3 is 24.8 Å². The Morgan fingerprint density at radius 1 is 1.37 bits per heavy atom. The van der Waals surface area contributed by atoms with Crippen LogP contribution < -0.4 is 4.74 Å². The molecular weight excluding hydrogens is 354 g/mol. The second-order valence-corrected chi connectivity index (χ2v) is 7.08. The number of fused-ring (bicyclic) bond motifs is 1. The Morgan fingerprint density at radius 3 is 2.63 bits per heavy atom. The van der Waals surface area contributed by atoms with Gasteiger partial charge in [-0.3, -0.25) is 9.69 Å². The number of likely N-dealkylation sites (tertiary alicyclic amines) is 1. The molecule has 2 saturated heterocycles. The normalized spacial score (nSPS) is 24.5. The van der Waals surface area contributed by atoms with Crippen LogP contribution in [0.5, 0.6) is 5.75 Å². The zero-order valence-electron chi connectivity index (χ0n) is 15.7. The molecule has 1 aromatic carbocycles. The van der Waals surface area contributed by atoms with E-state index in [1.54, 1.807) is 25.3 Å². The van der Waals surface area contributed by atoms with Gasteiger partial charge in [-0.1, -0.05) is 0 Å². The average Bonchev–Trinajstić information content (AvgIpc) is 2.99. The van der Waals surface area contributed by atoms with E-state index in [1.165, 1.54) is 0 Å². The van der Waals surface area contributed by atoms with Crippen LogP contribution in [-0.4, -0.2) is 72.2 Å². The molecule has 150 valence electrons. The van der Waals surface area contributed by atoms with Crippen molar-refractivity contribution < 1.29 is 34.4 Å². The van der Waals surface area contributed by atoms with Crippen molar-refractivity contribution >= 4 is 11.9 Å². The maximum Gasteiger partial charge on any atom is 0.335 e. The molecule has 0 spiro atoms. The fraction of sp³-hybridized carbons (Fsp3) is 0.579. The molecule has 0 amide bonds. The van der Waals surface area contributed by atoms with Gasteiger partial charge in [0.1, 0.15) is 5.75 Å². The third-order valence-electron chi connectivity index (χ3n) is 5.12. The molecule has 0 unspecified atom stereocenters. The lowest BCUT2D eigenvalue weighted by Crippen LogP contribution is -2.42. The number of aliphatic hydroxyl groups excluding tert-OH is 1. The molecule has 0 bridgehead atoms. The summed E-state index contributed by atoms with van der Waals surface area (Å²) in [6.07, 6.45) is 0.962. The van der Waals surface area contributed by atoms with Crippen molar-refractivity contribution in [1.82, 2.24) is 4.90 Å². The van der Waals surface area contributed by atoms with Gasteiger partial charge in [-0.25, -0.2) is 4.79 Å². The Labute approximate surface area is 158 Å². The summed E-state index contributed by atoms with van der Waals surface area (Å²) in [6.45, 7) is 4.82. The minimum atomic E-state index is -0.941. The van der Waals surface area contributed by atoms with Crippen LogP contribution in [0.25, 0.3) is 0 Å². The van der Waals surface area contributed by atoms with E-state index < -0.39 is 11.9 Å². The van der Waals surface area contributed by atoms with Gasteiger partial charge in [0.15, 0.2) is 0 Å². The Kier molecular flexibility index (Phi) is 7.18. The Bertz CT molecular complexity index is 674. The van der Waals surface area contributed by atoms with E-state index >= 15 is 0 Å². The summed E-state index contributed by atoms with van der Waals surface area (Å²) in [4.78, 5) is 22.5. The molecule has 1 aromatic rings. The summed E-state index contributed by atoms with van der Waals surface area (Å²) in [5, 5.41) is 26.4. The second kappa shape index (κ2) is 9.16. The van der Waals surface area contributed by atoms with Gasteiger partial charge in [-0.05, 0) is 30.5 Å². The van der Waals surface area contributed by atoms with E-state index in [2.05, 4.69) is 4.90 Å². The summed E-state index contributed by atoms with van der Waals surface area (Å²) in [5.41, 5.74) is 0.938. The lowest BCUT2D eigenvalue weighted by Gasteiger charge is -2.36. The molecule has 8 heteroatoms. The third-order valence-corrected chi connectivity index (χ3v) is 5.12. The number of carboxylic acids is 2. The molecule has 0 aliphatic carbocycles. The first-order valence-electron chi connectivity index (χ1n) is 8.82. The molecule has 2 heterocycles. The number of methoxy groups -OCH3 is 1. The Morgan fingerprint density at radius 2 is 2.07 bits per heavy atom. The quantitative estimate of drug-likeness (QED) is 0.699. The van der Waals surface area contributed by atoms with Gasteiger partial charge in [0, 0.05) is 44.1 Å². The largest absolute Gasteiger partial charge is 0.496 e. The van der Waals surface area contributed by atoms with Crippen molar-refractivity contribution in [3.63, 3.8) is 0 Å². The van der Waals surface area contributed by atoms with Crippen molar-refractivity contribution in [3.8, 4) is 5.75 Å². The maximum atomic E-state index is 11.2. The van der Waals surface area contributed by atoms with Crippen LogP contribution in [-0.2, 0) is 16.1 Å². The van der Waals surface area contributed by atoms with Crippen molar-refractivity contribution in [2.24, 2.45) is 11.3 Å². The van der Waals surface area contributed by atoms with Crippen LogP contribution in [0.3, 0.4) is 0 Å². The van der Waals surface area contributed by atoms with Crippen molar-refractivity contribution in [1.29, 1.82) is 0 Å². The summed E-state index contributed by atoms with van der Waals surface area (Å²) in [5.74, 6) is -0.654. The fourth-order valence-corrected chi connectivity index (χ4v) is 3.83. The molecule has 0 radical (unpaired) electrons. The van der Waals surface area contributed by atoms with Crippen LogP contribution in [0.1, 0.15) is 29.3 Å². The fourth-order valence-electron chi connectivity index (χ4n) is 3.83. The predicted octanol–water partition coefficient (Wildman–Crippen LogP) is 1.32. The molecule has 3 N–H and O–H groups in total. The SMILES string of the molecule is CC(=O)O.COc1ccc(C(=O)O)cc1CN1C[C@@H]2CCOC[C@]2(CO)C1. The van der Waals surface area contributed by atoms with Crippen LogP contribution in [0.4, 0.5) is 0 Å². The van der Waals surface area contributed by atoms with E-state index in [0.29, 0.717) is 24.8 Å². The molecule has 0 saturated carbocycles. The Balaban J connectivity index is 0.000000596. The van der Waals surface area contributed by atoms with Crippen molar-refractivity contribution in [2.75, 3.05) is 40.0 Å². The van der Waals surface area contributed by atoms with Gasteiger partial charge in [0.25, 0.3) is 5.97 Å². The van der Waals surface area contributed by atoms with Crippen LogP contribution in [0.15, 0.2) is 18.2 Å². The number of benzene rings is 1. The van der Waals surface area contributed by atoms with Gasteiger partial charge in [-0.2, -0.15) is 0 Å². The van der Waals surface area contributed by atoms with Crippen molar-refractivity contribution in [3.05, 3.63) is 29.3 Å². The zero-order valence-corrected chi connectivity index (χ0v) is 15.7. The van der Waals surface area contributed by atoms with E-state index in [0.717, 1.165) is 38.6 Å². The number of aromatic carboxylic acids is 1. The molecule has 2 aliphatic rings. The summed E-state index contributed by atoms with van der Waals surface area (Å²) < 4.78 is 10.9. The topological polar surface area (TPSA) is 117 Å². The van der Waals surface area contributed by atoms with E-state index in [1.807, 2.05) is 0 Å². The highest BCUT2D eigenvalue weighted by Crippen LogP contribution is 2.41. The molecular formula is C19H27NO7. The van der Waals surface area contributed by atoms with E-state index in [-0.39, 0.29) is 17.6 Å². The maximum absolute atomic E-state index is 11.2. The van der Waals surface area contributed by atoms with Gasteiger partial charge >= 0.3 is 5.97 Å². The highest BCUT2D eigenvalue weighted by Gasteiger charge is 2.48. The van der Waals surface area contributed by atoms with Crippen LogP contribution in [0, 0.1) is 11.3 Å². The molecule has 2 atom stereocenters. The Hall–Kier alpha value is -2.16. The minimum absolute atomic E-state index is 0.125. The number of nitrogens with zero attached hydrogens (tertiary/aromatic N) is 1. The minimum Gasteiger partial charge on any atom is -0.496 e. The van der Waals surface area contributed by atoms with E-state index in [9.17, 15) is 15.0 Å².